The van der Waals surface area contributed by atoms with E-state index in [1.807, 2.05) is 12.1 Å². The number of hydrogen-bond donors (Lipinski definition) is 1. The quantitative estimate of drug-likeness (QED) is 0.812. The summed E-state index contributed by atoms with van der Waals surface area (Å²) in [6.45, 7) is 7.47. The molecule has 1 heterocycles. The number of ether oxygens (including phenoxy) is 1. The van der Waals surface area contributed by atoms with Crippen LogP contribution in [0.2, 0.25) is 0 Å². The van der Waals surface area contributed by atoms with E-state index in [1.165, 1.54) is 5.56 Å². The van der Waals surface area contributed by atoms with Gasteiger partial charge in [-0.1, -0.05) is 12.1 Å². The van der Waals surface area contributed by atoms with Crippen LogP contribution in [0.1, 0.15) is 19.4 Å². The van der Waals surface area contributed by atoms with Crippen molar-refractivity contribution in [2.24, 2.45) is 0 Å². The first-order valence-electron chi connectivity index (χ1n) is 6.35. The molecule has 1 fully saturated rings. The Labute approximate surface area is 104 Å². The fourth-order valence-electron chi connectivity index (χ4n) is 2.44. The Balaban J connectivity index is 1.83. The van der Waals surface area contributed by atoms with Gasteiger partial charge in [-0.25, -0.2) is 0 Å². The van der Waals surface area contributed by atoms with E-state index in [1.54, 1.807) is 0 Å². The third-order valence-electron chi connectivity index (χ3n) is 3.19. The van der Waals surface area contributed by atoms with Gasteiger partial charge in [0.05, 0.1) is 12.2 Å². The molecule has 3 nitrogen and oxygen atoms in total. The number of anilines is 1. The number of benzene rings is 1. The van der Waals surface area contributed by atoms with E-state index in [2.05, 4.69) is 30.9 Å². The molecular formula is C14H22N2O. The van der Waals surface area contributed by atoms with Crippen molar-refractivity contribution < 1.29 is 4.74 Å². The maximum Gasteiger partial charge on any atom is 0.0678 e. The molecule has 0 aromatic heterocycles. The van der Waals surface area contributed by atoms with Crippen molar-refractivity contribution >= 4 is 5.69 Å². The molecule has 17 heavy (non-hydrogen) atoms. The highest BCUT2D eigenvalue weighted by atomic mass is 16.5. The second-order valence-corrected chi connectivity index (χ2v) is 5.01. The van der Waals surface area contributed by atoms with Crippen molar-refractivity contribution in [1.82, 2.24) is 4.90 Å². The second kappa shape index (κ2) is 5.52. The van der Waals surface area contributed by atoms with E-state index >= 15 is 0 Å². The van der Waals surface area contributed by atoms with Crippen molar-refractivity contribution in [3.8, 4) is 0 Å². The maximum absolute atomic E-state index is 5.73. The fourth-order valence-corrected chi connectivity index (χ4v) is 2.44. The van der Waals surface area contributed by atoms with Crippen LogP contribution in [0.3, 0.4) is 0 Å². The Morgan fingerprint density at radius 2 is 1.76 bits per heavy atom. The summed E-state index contributed by atoms with van der Waals surface area (Å²) in [5, 5.41) is 0. The van der Waals surface area contributed by atoms with Crippen LogP contribution in [-0.2, 0) is 11.2 Å². The number of morpholine rings is 1. The molecule has 1 saturated heterocycles. The van der Waals surface area contributed by atoms with E-state index < -0.39 is 0 Å². The molecule has 2 N–H and O–H groups in total. The van der Waals surface area contributed by atoms with Crippen molar-refractivity contribution in [2.75, 3.05) is 25.4 Å². The van der Waals surface area contributed by atoms with E-state index in [4.69, 9.17) is 10.5 Å². The molecule has 1 aromatic carbocycles. The molecule has 2 atom stereocenters. The van der Waals surface area contributed by atoms with E-state index in [0.717, 1.165) is 31.7 Å². The topological polar surface area (TPSA) is 38.5 Å². The molecule has 2 rings (SSSR count). The lowest BCUT2D eigenvalue weighted by Crippen LogP contribution is -2.46. The summed E-state index contributed by atoms with van der Waals surface area (Å²) in [5.74, 6) is 0. The zero-order valence-electron chi connectivity index (χ0n) is 10.7. The average Bonchev–Trinajstić information content (AvgIpc) is 2.27. The summed E-state index contributed by atoms with van der Waals surface area (Å²) in [7, 11) is 0. The Bertz CT molecular complexity index is 340. The number of hydrogen-bond acceptors (Lipinski definition) is 3. The number of rotatable bonds is 3. The Kier molecular flexibility index (Phi) is 4.02. The predicted molar refractivity (Wildman–Crippen MR) is 71.0 cm³/mol. The molecule has 0 aliphatic carbocycles. The Morgan fingerprint density at radius 3 is 2.35 bits per heavy atom. The summed E-state index contributed by atoms with van der Waals surface area (Å²) in [6.07, 6.45) is 1.79. The van der Waals surface area contributed by atoms with Crippen LogP contribution in [-0.4, -0.2) is 36.7 Å². The van der Waals surface area contributed by atoms with Gasteiger partial charge in [-0.3, -0.25) is 4.90 Å². The predicted octanol–water partition coefficient (Wildman–Crippen LogP) is 1.92. The van der Waals surface area contributed by atoms with Crippen LogP contribution in [0.5, 0.6) is 0 Å². The van der Waals surface area contributed by atoms with Crippen molar-refractivity contribution in [3.05, 3.63) is 29.8 Å². The molecule has 0 amide bonds. The first-order chi connectivity index (χ1) is 8.13. The minimum absolute atomic E-state index is 0.352. The minimum atomic E-state index is 0.352. The lowest BCUT2D eigenvalue weighted by molar-refractivity contribution is -0.0675. The van der Waals surface area contributed by atoms with Gasteiger partial charge in [0.2, 0.25) is 0 Å². The molecule has 94 valence electrons. The smallest absolute Gasteiger partial charge is 0.0678 e. The largest absolute Gasteiger partial charge is 0.399 e. The molecule has 1 aromatic rings. The van der Waals surface area contributed by atoms with Gasteiger partial charge in [0.15, 0.2) is 0 Å². The summed E-state index contributed by atoms with van der Waals surface area (Å²) < 4.78 is 5.73. The van der Waals surface area contributed by atoms with Crippen LogP contribution in [0.4, 0.5) is 5.69 Å². The highest BCUT2D eigenvalue weighted by molar-refractivity contribution is 5.39. The fraction of sp³-hybridized carbons (Fsp3) is 0.571. The summed E-state index contributed by atoms with van der Waals surface area (Å²) in [6, 6.07) is 8.17. The van der Waals surface area contributed by atoms with Crippen LogP contribution < -0.4 is 5.73 Å². The first-order valence-corrected chi connectivity index (χ1v) is 6.35. The normalized spacial score (nSPS) is 26.0. The van der Waals surface area contributed by atoms with Crippen molar-refractivity contribution in [2.45, 2.75) is 32.5 Å². The number of nitrogen functional groups attached to an aromatic ring is 1. The molecular weight excluding hydrogens is 212 g/mol. The number of nitrogens with two attached hydrogens (primary N) is 1. The van der Waals surface area contributed by atoms with Crippen molar-refractivity contribution in [1.29, 1.82) is 0 Å². The zero-order valence-corrected chi connectivity index (χ0v) is 10.7. The van der Waals surface area contributed by atoms with Gasteiger partial charge < -0.3 is 10.5 Å². The molecule has 0 spiro atoms. The summed E-state index contributed by atoms with van der Waals surface area (Å²) in [5.41, 5.74) is 7.86. The van der Waals surface area contributed by atoms with E-state index in [9.17, 15) is 0 Å². The van der Waals surface area contributed by atoms with E-state index in [-0.39, 0.29) is 0 Å². The average molecular weight is 234 g/mol. The van der Waals surface area contributed by atoms with Gasteiger partial charge in [-0.05, 0) is 38.0 Å². The second-order valence-electron chi connectivity index (χ2n) is 5.01. The van der Waals surface area contributed by atoms with Gasteiger partial charge in [-0.15, -0.1) is 0 Å². The molecule has 0 unspecified atom stereocenters. The van der Waals surface area contributed by atoms with Crippen LogP contribution in [0, 0.1) is 0 Å². The molecule has 0 bridgehead atoms. The Hall–Kier alpha value is -1.06. The maximum atomic E-state index is 5.73. The van der Waals surface area contributed by atoms with Crippen molar-refractivity contribution in [3.63, 3.8) is 0 Å². The third-order valence-corrected chi connectivity index (χ3v) is 3.19. The molecule has 0 saturated carbocycles. The lowest BCUT2D eigenvalue weighted by atomic mass is 10.1. The third kappa shape index (κ3) is 3.72. The van der Waals surface area contributed by atoms with Gasteiger partial charge in [0.1, 0.15) is 0 Å². The van der Waals surface area contributed by atoms with Crippen LogP contribution >= 0.6 is 0 Å². The number of nitrogens with zero attached hydrogens (tertiary/aromatic N) is 1. The molecule has 1 aliphatic rings. The highest BCUT2D eigenvalue weighted by Crippen LogP contribution is 2.12. The molecule has 1 aliphatic heterocycles. The monoisotopic (exact) mass is 234 g/mol. The van der Waals surface area contributed by atoms with E-state index in [0.29, 0.717) is 12.2 Å². The van der Waals surface area contributed by atoms with Gasteiger partial charge in [0, 0.05) is 25.3 Å². The standard InChI is InChI=1S/C14H22N2O/c1-11-9-16(10-12(2)17-11)8-7-13-3-5-14(15)6-4-13/h3-6,11-12H,7-10,15H2,1-2H3/t11-,12+. The van der Waals surface area contributed by atoms with Gasteiger partial charge in [-0.2, -0.15) is 0 Å². The van der Waals surface area contributed by atoms with Crippen LogP contribution in [0.25, 0.3) is 0 Å². The molecule has 3 heteroatoms. The van der Waals surface area contributed by atoms with Gasteiger partial charge >= 0.3 is 0 Å². The first kappa shape index (κ1) is 12.4. The minimum Gasteiger partial charge on any atom is -0.399 e. The zero-order chi connectivity index (χ0) is 12.3. The van der Waals surface area contributed by atoms with Crippen LogP contribution in [0.15, 0.2) is 24.3 Å². The SMILES string of the molecule is C[C@@H]1CN(CCc2ccc(N)cc2)C[C@H](C)O1. The lowest BCUT2D eigenvalue weighted by Gasteiger charge is -2.35. The summed E-state index contributed by atoms with van der Waals surface area (Å²) in [4.78, 5) is 2.48. The van der Waals surface area contributed by atoms with Gasteiger partial charge in [0.25, 0.3) is 0 Å². The Morgan fingerprint density at radius 1 is 1.18 bits per heavy atom. The molecule has 0 radical (unpaired) electrons. The highest BCUT2D eigenvalue weighted by Gasteiger charge is 2.21. The summed E-state index contributed by atoms with van der Waals surface area (Å²) >= 11 is 0.